The highest BCUT2D eigenvalue weighted by atomic mass is 16.5. The van der Waals surface area contributed by atoms with Crippen LogP contribution in [0.3, 0.4) is 0 Å². The highest BCUT2D eigenvalue weighted by Crippen LogP contribution is 2.31. The molecule has 18 heavy (non-hydrogen) atoms. The van der Waals surface area contributed by atoms with E-state index in [1.165, 1.54) is 19.3 Å². The predicted octanol–water partition coefficient (Wildman–Crippen LogP) is 2.33. The van der Waals surface area contributed by atoms with Gasteiger partial charge in [-0.05, 0) is 43.4 Å². The number of nitrogen functional groups attached to an aromatic ring is 1. The molecule has 4 N–H and O–H groups in total. The fourth-order valence-electron chi connectivity index (χ4n) is 2.43. The number of carbonyl (C=O) groups excluding carboxylic acids is 1. The van der Waals surface area contributed by atoms with Gasteiger partial charge in [0.25, 0.3) is 0 Å². The van der Waals surface area contributed by atoms with Crippen LogP contribution < -0.4 is 16.2 Å². The first-order chi connectivity index (χ1) is 8.58. The number of hydrogen-bond donors (Lipinski definition) is 2. The van der Waals surface area contributed by atoms with E-state index in [-0.39, 0.29) is 6.10 Å². The standard InChI is InChI=1S/C14H20N2O2/c1-9-4-2-3-5-12(9)18-13-7-6-10(14(16)17)8-11(13)15/h6-9,12H,2-5,15H2,1H3,(H2,16,17). The average molecular weight is 248 g/mol. The van der Waals surface area contributed by atoms with Gasteiger partial charge in [0.05, 0.1) is 5.69 Å². The molecule has 1 amide bonds. The molecule has 1 saturated carbocycles. The first-order valence-electron chi connectivity index (χ1n) is 6.44. The quantitative estimate of drug-likeness (QED) is 0.806. The summed E-state index contributed by atoms with van der Waals surface area (Å²) in [5, 5.41) is 0. The Kier molecular flexibility index (Phi) is 3.75. The number of primary amides is 1. The number of rotatable bonds is 3. The van der Waals surface area contributed by atoms with Crippen LogP contribution in [0, 0.1) is 5.92 Å². The van der Waals surface area contributed by atoms with Crippen molar-refractivity contribution in [1.82, 2.24) is 0 Å². The first-order valence-corrected chi connectivity index (χ1v) is 6.44. The smallest absolute Gasteiger partial charge is 0.248 e. The minimum Gasteiger partial charge on any atom is -0.488 e. The second-order valence-corrected chi connectivity index (χ2v) is 5.03. The van der Waals surface area contributed by atoms with Crippen LogP contribution in [0.1, 0.15) is 43.0 Å². The molecule has 0 bridgehead atoms. The number of nitrogens with two attached hydrogens (primary N) is 2. The minimum atomic E-state index is -0.473. The lowest BCUT2D eigenvalue weighted by molar-refractivity contribution is 0.0998. The van der Waals surface area contributed by atoms with Crippen molar-refractivity contribution in [3.63, 3.8) is 0 Å². The number of carbonyl (C=O) groups is 1. The Labute approximate surface area is 107 Å². The van der Waals surface area contributed by atoms with Gasteiger partial charge in [0.15, 0.2) is 0 Å². The van der Waals surface area contributed by atoms with Crippen molar-refractivity contribution >= 4 is 11.6 Å². The van der Waals surface area contributed by atoms with Crippen LogP contribution in [0.25, 0.3) is 0 Å². The molecule has 4 heteroatoms. The van der Waals surface area contributed by atoms with Gasteiger partial charge in [-0.25, -0.2) is 0 Å². The van der Waals surface area contributed by atoms with Gasteiger partial charge in [-0.15, -0.1) is 0 Å². The summed E-state index contributed by atoms with van der Waals surface area (Å²) >= 11 is 0. The molecule has 0 aromatic heterocycles. The van der Waals surface area contributed by atoms with Gasteiger partial charge in [-0.1, -0.05) is 13.3 Å². The molecular formula is C14H20N2O2. The lowest BCUT2D eigenvalue weighted by Gasteiger charge is -2.29. The van der Waals surface area contributed by atoms with Crippen LogP contribution in [0.15, 0.2) is 18.2 Å². The Bertz CT molecular complexity index is 445. The van der Waals surface area contributed by atoms with Gasteiger partial charge in [0, 0.05) is 5.56 Å². The second kappa shape index (κ2) is 5.29. The van der Waals surface area contributed by atoms with E-state index in [0.717, 1.165) is 6.42 Å². The van der Waals surface area contributed by atoms with Crippen molar-refractivity contribution in [2.24, 2.45) is 11.7 Å². The normalized spacial score (nSPS) is 23.6. The summed E-state index contributed by atoms with van der Waals surface area (Å²) in [6.07, 6.45) is 4.97. The lowest BCUT2D eigenvalue weighted by atomic mass is 9.88. The maximum Gasteiger partial charge on any atom is 0.248 e. The molecule has 0 saturated heterocycles. The minimum absolute atomic E-state index is 0.223. The van der Waals surface area contributed by atoms with E-state index in [1.54, 1.807) is 18.2 Å². The number of ether oxygens (including phenoxy) is 1. The summed E-state index contributed by atoms with van der Waals surface area (Å²) in [5.41, 5.74) is 12.0. The van der Waals surface area contributed by atoms with Crippen molar-refractivity contribution in [1.29, 1.82) is 0 Å². The van der Waals surface area contributed by atoms with Gasteiger partial charge in [-0.2, -0.15) is 0 Å². The van der Waals surface area contributed by atoms with Crippen LogP contribution in [0.2, 0.25) is 0 Å². The summed E-state index contributed by atoms with van der Waals surface area (Å²) in [6.45, 7) is 2.21. The fourth-order valence-corrected chi connectivity index (χ4v) is 2.43. The van der Waals surface area contributed by atoms with E-state index >= 15 is 0 Å². The maximum absolute atomic E-state index is 11.0. The van der Waals surface area contributed by atoms with Crippen molar-refractivity contribution in [2.45, 2.75) is 38.7 Å². The third-order valence-electron chi connectivity index (χ3n) is 3.61. The Morgan fingerprint density at radius 1 is 1.33 bits per heavy atom. The van der Waals surface area contributed by atoms with Gasteiger partial charge >= 0.3 is 0 Å². The Balaban J connectivity index is 2.11. The van der Waals surface area contributed by atoms with Crippen molar-refractivity contribution in [2.75, 3.05) is 5.73 Å². The molecule has 1 aliphatic carbocycles. The van der Waals surface area contributed by atoms with E-state index < -0.39 is 5.91 Å². The molecule has 1 aromatic rings. The third-order valence-corrected chi connectivity index (χ3v) is 3.61. The van der Waals surface area contributed by atoms with Crippen molar-refractivity contribution < 1.29 is 9.53 Å². The summed E-state index contributed by atoms with van der Waals surface area (Å²) in [7, 11) is 0. The molecule has 1 aliphatic rings. The number of benzene rings is 1. The second-order valence-electron chi connectivity index (χ2n) is 5.03. The van der Waals surface area contributed by atoms with Crippen LogP contribution in [-0.4, -0.2) is 12.0 Å². The lowest BCUT2D eigenvalue weighted by Crippen LogP contribution is -2.28. The molecule has 98 valence electrons. The Hall–Kier alpha value is -1.71. The van der Waals surface area contributed by atoms with Crippen LogP contribution in [0.4, 0.5) is 5.69 Å². The van der Waals surface area contributed by atoms with E-state index in [2.05, 4.69) is 6.92 Å². The Morgan fingerprint density at radius 3 is 2.67 bits per heavy atom. The SMILES string of the molecule is CC1CCCCC1Oc1ccc(C(N)=O)cc1N. The molecule has 1 fully saturated rings. The average Bonchev–Trinajstić information content (AvgIpc) is 2.34. The van der Waals surface area contributed by atoms with Gasteiger partial charge in [0.2, 0.25) is 5.91 Å². The van der Waals surface area contributed by atoms with E-state index in [4.69, 9.17) is 16.2 Å². The number of anilines is 1. The van der Waals surface area contributed by atoms with Crippen molar-refractivity contribution in [3.8, 4) is 5.75 Å². The first kappa shape index (κ1) is 12.7. The molecule has 0 radical (unpaired) electrons. The summed E-state index contributed by atoms with van der Waals surface area (Å²) in [5.74, 6) is 0.729. The molecule has 4 nitrogen and oxygen atoms in total. The zero-order valence-corrected chi connectivity index (χ0v) is 10.7. The summed E-state index contributed by atoms with van der Waals surface area (Å²) < 4.78 is 5.96. The maximum atomic E-state index is 11.0. The monoisotopic (exact) mass is 248 g/mol. The molecule has 2 unspecified atom stereocenters. The highest BCUT2D eigenvalue weighted by Gasteiger charge is 2.23. The van der Waals surface area contributed by atoms with Crippen molar-refractivity contribution in [3.05, 3.63) is 23.8 Å². The summed E-state index contributed by atoms with van der Waals surface area (Å²) in [4.78, 5) is 11.0. The summed E-state index contributed by atoms with van der Waals surface area (Å²) in [6, 6.07) is 4.96. The molecular weight excluding hydrogens is 228 g/mol. The number of hydrogen-bond acceptors (Lipinski definition) is 3. The van der Waals surface area contributed by atoms with Gasteiger partial charge < -0.3 is 16.2 Å². The third kappa shape index (κ3) is 2.75. The van der Waals surface area contributed by atoms with Gasteiger partial charge in [-0.3, -0.25) is 4.79 Å². The van der Waals surface area contributed by atoms with E-state index in [9.17, 15) is 4.79 Å². The van der Waals surface area contributed by atoms with Gasteiger partial charge in [0.1, 0.15) is 11.9 Å². The van der Waals surface area contributed by atoms with Crippen LogP contribution >= 0.6 is 0 Å². The van der Waals surface area contributed by atoms with Crippen LogP contribution in [0.5, 0.6) is 5.75 Å². The predicted molar refractivity (Wildman–Crippen MR) is 71.4 cm³/mol. The molecule has 2 rings (SSSR count). The van der Waals surface area contributed by atoms with Crippen LogP contribution in [-0.2, 0) is 0 Å². The topological polar surface area (TPSA) is 78.3 Å². The fraction of sp³-hybridized carbons (Fsp3) is 0.500. The molecule has 1 aromatic carbocycles. The zero-order chi connectivity index (χ0) is 13.1. The molecule has 0 aliphatic heterocycles. The zero-order valence-electron chi connectivity index (χ0n) is 10.7. The van der Waals surface area contributed by atoms with E-state index in [1.807, 2.05) is 0 Å². The highest BCUT2D eigenvalue weighted by molar-refractivity contribution is 5.94. The largest absolute Gasteiger partial charge is 0.488 e. The molecule has 0 heterocycles. The molecule has 2 atom stereocenters. The Morgan fingerprint density at radius 2 is 2.06 bits per heavy atom. The number of amides is 1. The molecule has 0 spiro atoms. The van der Waals surface area contributed by atoms with E-state index in [0.29, 0.717) is 22.9 Å².